The summed E-state index contributed by atoms with van der Waals surface area (Å²) >= 11 is 1.82. The van der Waals surface area contributed by atoms with Gasteiger partial charge in [0, 0.05) is 71.0 Å². The Morgan fingerprint density at radius 3 is 1.98 bits per heavy atom. The van der Waals surface area contributed by atoms with Crippen molar-refractivity contribution in [2.75, 3.05) is 9.80 Å². The Morgan fingerprint density at radius 1 is 0.612 bits per heavy atom. The zero-order valence-electron chi connectivity index (χ0n) is 27.9. The molecular formula is C45H36N2OS. The molecule has 0 spiro atoms. The van der Waals surface area contributed by atoms with E-state index in [1.807, 2.05) is 35.6 Å². The molecule has 0 radical (unpaired) electrons. The first-order valence-electron chi connectivity index (χ1n) is 16.6. The van der Waals surface area contributed by atoms with Crippen LogP contribution in [0.15, 0.2) is 156 Å². The van der Waals surface area contributed by atoms with Crippen molar-refractivity contribution in [3.63, 3.8) is 0 Å². The lowest BCUT2D eigenvalue weighted by Crippen LogP contribution is -2.23. The molecule has 0 atom stereocenters. The predicted molar refractivity (Wildman–Crippen MR) is 211 cm³/mol. The summed E-state index contributed by atoms with van der Waals surface area (Å²) in [6.07, 6.45) is 4.16. The quantitative estimate of drug-likeness (QED) is 0.171. The van der Waals surface area contributed by atoms with E-state index < -0.39 is 0 Å². The molecule has 0 saturated carbocycles. The fourth-order valence-electron chi connectivity index (χ4n) is 6.83. The average Bonchev–Trinajstić information content (AvgIpc) is 3.67. The minimum absolute atomic E-state index is 0.803. The topological polar surface area (TPSA) is 19.6 Å². The molecule has 238 valence electrons. The number of hydrogen-bond donors (Lipinski definition) is 0. The molecular weight excluding hydrogens is 617 g/mol. The zero-order chi connectivity index (χ0) is 33.5. The van der Waals surface area contributed by atoms with Gasteiger partial charge < -0.3 is 14.2 Å². The Hall–Kier alpha value is -5.84. The van der Waals surface area contributed by atoms with Crippen molar-refractivity contribution in [1.29, 1.82) is 0 Å². The number of benzene rings is 6. The fraction of sp³-hybridized carbons (Fsp3) is 0.0667. The Kier molecular flexibility index (Phi) is 7.87. The summed E-state index contributed by atoms with van der Waals surface area (Å²) < 4.78 is 8.81. The van der Waals surface area contributed by atoms with Gasteiger partial charge in [-0.3, -0.25) is 0 Å². The number of para-hydroxylation sites is 4. The summed E-state index contributed by atoms with van der Waals surface area (Å²) in [4.78, 5) is 4.60. The van der Waals surface area contributed by atoms with Crippen LogP contribution >= 0.6 is 11.3 Å². The molecule has 0 bridgehead atoms. The minimum atomic E-state index is 0.803. The third-order valence-electron chi connectivity index (χ3n) is 9.22. The molecule has 8 aromatic rings. The molecule has 3 nitrogen and oxygen atoms in total. The van der Waals surface area contributed by atoms with Gasteiger partial charge in [-0.15, -0.1) is 11.3 Å². The third kappa shape index (κ3) is 5.50. The molecule has 4 heteroatoms. The van der Waals surface area contributed by atoms with Crippen LogP contribution in [-0.2, 0) is 0 Å². The number of hydrogen-bond acceptors (Lipinski definition) is 4. The van der Waals surface area contributed by atoms with Crippen molar-refractivity contribution in [2.45, 2.75) is 20.8 Å². The standard InChI is InChI=1S/C45H36N2OS/c1-5-36-37-19-11-14-22-42(37)48-43(36)27-32(4)46(33-17-7-6-8-18-33)35-23-25-38-39-28-34(24-26-44(39)49-45(38)29-35)47(40-20-12-9-15-30(40)2)41-21-13-10-16-31(41)3/h5-29H,4H2,1-3H3/b36-5-,43-27+. The van der Waals surface area contributed by atoms with Crippen LogP contribution in [0.1, 0.15) is 18.1 Å². The van der Waals surface area contributed by atoms with Gasteiger partial charge in [0.25, 0.3) is 0 Å². The number of furan rings is 1. The molecule has 6 aromatic carbocycles. The van der Waals surface area contributed by atoms with Crippen LogP contribution in [0, 0.1) is 13.8 Å². The van der Waals surface area contributed by atoms with Crippen LogP contribution in [0.4, 0.5) is 28.4 Å². The molecule has 0 fully saturated rings. The highest BCUT2D eigenvalue weighted by Gasteiger charge is 2.19. The number of thiophene rings is 1. The summed E-state index contributed by atoms with van der Waals surface area (Å²) in [5.41, 5.74) is 10.5. The second-order valence-corrected chi connectivity index (χ2v) is 13.4. The number of aryl methyl sites for hydroxylation is 2. The normalized spacial score (nSPS) is 12.3. The number of allylic oxidation sites excluding steroid dienone is 1. The van der Waals surface area contributed by atoms with Gasteiger partial charge >= 0.3 is 0 Å². The van der Waals surface area contributed by atoms with Crippen LogP contribution in [0.2, 0.25) is 0 Å². The van der Waals surface area contributed by atoms with Crippen LogP contribution in [0.25, 0.3) is 43.3 Å². The smallest absolute Gasteiger partial charge is 0.137 e. The van der Waals surface area contributed by atoms with Crippen molar-refractivity contribution in [1.82, 2.24) is 0 Å². The van der Waals surface area contributed by atoms with Gasteiger partial charge in [-0.05, 0) is 92.6 Å². The second-order valence-electron chi connectivity index (χ2n) is 12.3. The summed E-state index contributed by atoms with van der Waals surface area (Å²) in [5.74, 6) is 0. The third-order valence-corrected chi connectivity index (χ3v) is 10.4. The van der Waals surface area contributed by atoms with Gasteiger partial charge in [0.2, 0.25) is 0 Å². The molecule has 0 N–H and O–H groups in total. The summed E-state index contributed by atoms with van der Waals surface area (Å²) in [6, 6.07) is 49.4. The van der Waals surface area contributed by atoms with Crippen molar-refractivity contribution in [2.24, 2.45) is 0 Å². The van der Waals surface area contributed by atoms with Crippen molar-refractivity contribution in [3.8, 4) is 0 Å². The lowest BCUT2D eigenvalue weighted by molar-refractivity contribution is 0.575. The van der Waals surface area contributed by atoms with Gasteiger partial charge in [0.05, 0.1) is 0 Å². The molecule has 2 aromatic heterocycles. The number of fused-ring (bicyclic) bond motifs is 4. The van der Waals surface area contributed by atoms with E-state index in [4.69, 9.17) is 4.42 Å². The van der Waals surface area contributed by atoms with E-state index in [9.17, 15) is 0 Å². The van der Waals surface area contributed by atoms with Crippen molar-refractivity contribution < 1.29 is 4.42 Å². The predicted octanol–water partition coefficient (Wildman–Crippen LogP) is 11.8. The maximum absolute atomic E-state index is 6.33. The molecule has 0 unspecified atom stereocenters. The highest BCUT2D eigenvalue weighted by Crippen LogP contribution is 2.43. The molecule has 0 aliphatic rings. The molecule has 0 amide bonds. The summed E-state index contributed by atoms with van der Waals surface area (Å²) in [5, 5.41) is 4.66. The Morgan fingerprint density at radius 2 is 1.27 bits per heavy atom. The zero-order valence-corrected chi connectivity index (χ0v) is 28.7. The van der Waals surface area contributed by atoms with Gasteiger partial charge in [-0.1, -0.05) is 91.5 Å². The van der Waals surface area contributed by atoms with Crippen LogP contribution < -0.4 is 20.4 Å². The molecule has 49 heavy (non-hydrogen) atoms. The highest BCUT2D eigenvalue weighted by atomic mass is 32.1. The van der Waals surface area contributed by atoms with E-state index in [0.717, 1.165) is 44.4 Å². The first kappa shape index (κ1) is 30.5. The van der Waals surface area contributed by atoms with Gasteiger partial charge in [0.15, 0.2) is 0 Å². The van der Waals surface area contributed by atoms with Crippen LogP contribution in [0.3, 0.4) is 0 Å². The van der Waals surface area contributed by atoms with Crippen molar-refractivity contribution in [3.05, 3.63) is 174 Å². The maximum Gasteiger partial charge on any atom is 0.137 e. The first-order chi connectivity index (χ1) is 24.0. The highest BCUT2D eigenvalue weighted by molar-refractivity contribution is 7.25. The van der Waals surface area contributed by atoms with Gasteiger partial charge in [-0.25, -0.2) is 0 Å². The van der Waals surface area contributed by atoms with E-state index in [1.54, 1.807) is 0 Å². The van der Waals surface area contributed by atoms with Crippen molar-refractivity contribution >= 4 is 83.1 Å². The van der Waals surface area contributed by atoms with E-state index in [0.29, 0.717) is 0 Å². The van der Waals surface area contributed by atoms with Crippen LogP contribution in [0.5, 0.6) is 0 Å². The summed E-state index contributed by atoms with van der Waals surface area (Å²) in [7, 11) is 0. The second kappa shape index (κ2) is 12.6. The monoisotopic (exact) mass is 652 g/mol. The Balaban J connectivity index is 1.25. The maximum atomic E-state index is 6.33. The molecule has 8 rings (SSSR count). The molecule has 0 aliphatic heterocycles. The largest absolute Gasteiger partial charge is 0.456 e. The number of rotatable bonds is 7. The molecule has 2 heterocycles. The van der Waals surface area contributed by atoms with Gasteiger partial charge in [-0.2, -0.15) is 0 Å². The fourth-order valence-corrected chi connectivity index (χ4v) is 7.95. The van der Waals surface area contributed by atoms with E-state index in [-0.39, 0.29) is 0 Å². The lowest BCUT2D eigenvalue weighted by atomic mass is 10.1. The minimum Gasteiger partial charge on any atom is -0.456 e. The first-order valence-corrected chi connectivity index (χ1v) is 17.4. The van der Waals surface area contributed by atoms with E-state index in [2.05, 4.69) is 165 Å². The Bertz CT molecular complexity index is 2580. The van der Waals surface area contributed by atoms with E-state index >= 15 is 0 Å². The summed E-state index contributed by atoms with van der Waals surface area (Å²) in [6.45, 7) is 11.0. The molecule has 0 aliphatic carbocycles. The molecule has 0 saturated heterocycles. The van der Waals surface area contributed by atoms with Crippen LogP contribution in [-0.4, -0.2) is 0 Å². The lowest BCUT2D eigenvalue weighted by Gasteiger charge is -2.28. The van der Waals surface area contributed by atoms with E-state index in [1.165, 1.54) is 42.7 Å². The van der Waals surface area contributed by atoms with Gasteiger partial charge in [0.1, 0.15) is 11.0 Å². The number of nitrogens with zero attached hydrogens (tertiary/aromatic N) is 2. The number of anilines is 5. The SMILES string of the molecule is C=C(/C=c1/oc2ccccc2/c1=C/C)N(c1ccccc1)c1ccc2c(c1)sc1ccc(N(c3ccccc3C)c3ccccc3C)cc12. The average molecular weight is 653 g/mol. The Labute approximate surface area is 290 Å².